The lowest BCUT2D eigenvalue weighted by Gasteiger charge is -2.09. The van der Waals surface area contributed by atoms with Crippen LogP contribution in [0, 0.1) is 0 Å². The maximum atomic E-state index is 12.9. The van der Waals surface area contributed by atoms with Crippen molar-refractivity contribution in [3.8, 4) is 28.6 Å². The molecule has 182 valence electrons. The van der Waals surface area contributed by atoms with Crippen LogP contribution in [0.25, 0.3) is 16.9 Å². The fraction of sp³-hybridized carbons (Fsp3) is 0.130. The minimum absolute atomic E-state index is 0.000949. The van der Waals surface area contributed by atoms with E-state index in [1.807, 2.05) is 12.1 Å². The molecule has 35 heavy (non-hydrogen) atoms. The van der Waals surface area contributed by atoms with E-state index < -0.39 is 31.8 Å². The number of sulfone groups is 1. The molecule has 0 aliphatic heterocycles. The largest absolute Gasteiger partial charge is 0.501 e. The number of ether oxygens (including phenoxy) is 1. The van der Waals surface area contributed by atoms with Crippen molar-refractivity contribution < 1.29 is 31.4 Å². The molecule has 1 N–H and O–H groups in total. The first-order valence-electron chi connectivity index (χ1n) is 10.0. The van der Waals surface area contributed by atoms with Gasteiger partial charge in [-0.3, -0.25) is 9.55 Å². The number of alkyl halides is 3. The van der Waals surface area contributed by atoms with Crippen LogP contribution in [0.1, 0.15) is 5.56 Å². The third-order valence-electron chi connectivity index (χ3n) is 5.21. The Morgan fingerprint density at radius 2 is 1.69 bits per heavy atom. The molecule has 2 aromatic heterocycles. The van der Waals surface area contributed by atoms with E-state index in [9.17, 15) is 31.5 Å². The fourth-order valence-electron chi connectivity index (χ4n) is 3.43. The van der Waals surface area contributed by atoms with E-state index in [4.69, 9.17) is 4.74 Å². The highest BCUT2D eigenvalue weighted by atomic mass is 32.2. The topological polar surface area (TPSA) is 103 Å². The quantitative estimate of drug-likeness (QED) is 0.428. The molecule has 0 saturated carbocycles. The molecule has 4 aromatic rings. The lowest BCUT2D eigenvalue weighted by atomic mass is 10.1. The van der Waals surface area contributed by atoms with Gasteiger partial charge >= 0.3 is 11.2 Å². The lowest BCUT2D eigenvalue weighted by Crippen LogP contribution is -2.24. The van der Waals surface area contributed by atoms with E-state index in [-0.39, 0.29) is 12.2 Å². The average Bonchev–Trinajstić information content (AvgIpc) is 3.11. The predicted molar refractivity (Wildman–Crippen MR) is 120 cm³/mol. The summed E-state index contributed by atoms with van der Waals surface area (Å²) in [5.41, 5.74) is -3.93. The molecule has 8 nitrogen and oxygen atoms in total. The number of hydrogen-bond acceptors (Lipinski definition) is 6. The summed E-state index contributed by atoms with van der Waals surface area (Å²) in [5, 5.41) is 10.3. The summed E-state index contributed by atoms with van der Waals surface area (Å²) in [4.78, 5) is 16.3. The molecular weight excluding hydrogens is 487 g/mol. The van der Waals surface area contributed by atoms with Crippen LogP contribution >= 0.6 is 0 Å². The molecule has 0 aliphatic carbocycles. The van der Waals surface area contributed by atoms with Crippen LogP contribution in [0.5, 0.6) is 11.6 Å². The maximum absolute atomic E-state index is 12.9. The first-order chi connectivity index (χ1) is 16.5. The van der Waals surface area contributed by atoms with Crippen molar-refractivity contribution in [1.82, 2.24) is 14.1 Å². The second-order valence-electron chi connectivity index (χ2n) is 7.45. The van der Waals surface area contributed by atoms with Gasteiger partial charge in [-0.05, 0) is 66.2 Å². The van der Waals surface area contributed by atoms with Crippen molar-refractivity contribution in [2.24, 2.45) is 0 Å². The number of pyridine rings is 1. The van der Waals surface area contributed by atoms with Crippen LogP contribution in [0.4, 0.5) is 13.2 Å². The van der Waals surface area contributed by atoms with E-state index in [0.717, 1.165) is 34.4 Å². The molecule has 2 aromatic carbocycles. The molecule has 0 bridgehead atoms. The van der Waals surface area contributed by atoms with Gasteiger partial charge in [-0.25, -0.2) is 17.8 Å². The van der Waals surface area contributed by atoms with Gasteiger partial charge in [-0.2, -0.15) is 13.2 Å². The van der Waals surface area contributed by atoms with Crippen molar-refractivity contribution in [2.75, 3.05) is 7.11 Å². The standard InChI is InChI=1S/C23H18F3N3O5S/c1-34-18-6-2-16(3-7-18)20-12-15(10-11-27-20)13-28-14-21(30)29(22(28)31)17-4-8-19(9-5-17)35(32,33)23(24,25)26/h2-12,14,30H,13H2,1H3. The summed E-state index contributed by atoms with van der Waals surface area (Å²) in [6.45, 7) is 0.0750. The number of rotatable bonds is 6. The Morgan fingerprint density at radius 3 is 2.29 bits per heavy atom. The van der Waals surface area contributed by atoms with Gasteiger partial charge in [0, 0.05) is 11.8 Å². The SMILES string of the molecule is COc1ccc(-c2cc(Cn3cc(O)n(-c4ccc(S(=O)(=O)C(F)(F)F)cc4)c3=O)ccn2)cc1. The van der Waals surface area contributed by atoms with E-state index in [2.05, 4.69) is 4.98 Å². The second kappa shape index (κ2) is 8.95. The van der Waals surface area contributed by atoms with Gasteiger partial charge in [0.25, 0.3) is 9.84 Å². The smallest absolute Gasteiger partial charge is 0.497 e. The summed E-state index contributed by atoms with van der Waals surface area (Å²) in [6.07, 6.45) is 2.76. The van der Waals surface area contributed by atoms with Gasteiger partial charge in [-0.15, -0.1) is 0 Å². The highest BCUT2D eigenvalue weighted by Gasteiger charge is 2.46. The maximum Gasteiger partial charge on any atom is 0.501 e. The Morgan fingerprint density at radius 1 is 1.03 bits per heavy atom. The zero-order valence-electron chi connectivity index (χ0n) is 18.1. The van der Waals surface area contributed by atoms with Crippen molar-refractivity contribution >= 4 is 9.84 Å². The summed E-state index contributed by atoms with van der Waals surface area (Å²) in [7, 11) is -3.97. The highest BCUT2D eigenvalue weighted by molar-refractivity contribution is 7.92. The van der Waals surface area contributed by atoms with E-state index >= 15 is 0 Å². The van der Waals surface area contributed by atoms with Crippen molar-refractivity contribution in [1.29, 1.82) is 0 Å². The highest BCUT2D eigenvalue weighted by Crippen LogP contribution is 2.31. The van der Waals surface area contributed by atoms with Crippen LogP contribution in [0.3, 0.4) is 0 Å². The number of imidazole rings is 1. The second-order valence-corrected chi connectivity index (χ2v) is 9.40. The van der Waals surface area contributed by atoms with Crippen LogP contribution < -0.4 is 10.4 Å². The van der Waals surface area contributed by atoms with Crippen LogP contribution in [0.2, 0.25) is 0 Å². The number of benzene rings is 2. The molecule has 0 unspecified atom stereocenters. The van der Waals surface area contributed by atoms with Crippen LogP contribution in [0.15, 0.2) is 82.7 Å². The molecule has 0 saturated heterocycles. The minimum Gasteiger partial charge on any atom is -0.497 e. The molecule has 12 heteroatoms. The first-order valence-corrected chi connectivity index (χ1v) is 11.5. The van der Waals surface area contributed by atoms with Gasteiger partial charge in [0.1, 0.15) is 5.75 Å². The van der Waals surface area contributed by atoms with E-state index in [1.54, 1.807) is 37.6 Å². The van der Waals surface area contributed by atoms with Crippen LogP contribution in [-0.2, 0) is 16.4 Å². The molecule has 0 amide bonds. The minimum atomic E-state index is -5.53. The summed E-state index contributed by atoms with van der Waals surface area (Å²) < 4.78 is 68.6. The Bertz CT molecular complexity index is 1520. The third-order valence-corrected chi connectivity index (χ3v) is 6.71. The zero-order chi connectivity index (χ0) is 25.4. The average molecular weight is 505 g/mol. The normalized spacial score (nSPS) is 12.0. The van der Waals surface area contributed by atoms with Gasteiger partial charge in [0.05, 0.1) is 36.1 Å². The fourth-order valence-corrected chi connectivity index (χ4v) is 4.19. The molecular formula is C23H18F3N3O5S. The van der Waals surface area contributed by atoms with Gasteiger partial charge in [0.15, 0.2) is 0 Å². The number of hydrogen-bond donors (Lipinski definition) is 1. The lowest BCUT2D eigenvalue weighted by molar-refractivity contribution is -0.0436. The zero-order valence-corrected chi connectivity index (χ0v) is 18.9. The third kappa shape index (κ3) is 4.64. The molecule has 2 heterocycles. The summed E-state index contributed by atoms with van der Waals surface area (Å²) in [6, 6.07) is 14.2. The van der Waals surface area contributed by atoms with Crippen molar-refractivity contribution in [2.45, 2.75) is 16.9 Å². The molecule has 0 radical (unpaired) electrons. The first kappa shape index (κ1) is 24.1. The number of methoxy groups -OCH3 is 1. The molecule has 0 fully saturated rings. The monoisotopic (exact) mass is 505 g/mol. The number of halogens is 3. The molecule has 0 spiro atoms. The number of nitrogens with zero attached hydrogens (tertiary/aromatic N) is 3. The van der Waals surface area contributed by atoms with E-state index in [1.165, 1.54) is 10.8 Å². The van der Waals surface area contributed by atoms with Crippen LogP contribution in [-0.4, -0.2) is 40.3 Å². The van der Waals surface area contributed by atoms with Crippen molar-refractivity contribution in [3.05, 3.63) is 89.1 Å². The Balaban J connectivity index is 1.62. The van der Waals surface area contributed by atoms with Gasteiger partial charge < -0.3 is 9.84 Å². The summed E-state index contributed by atoms with van der Waals surface area (Å²) >= 11 is 0. The molecule has 4 rings (SSSR count). The number of aromatic nitrogens is 3. The van der Waals surface area contributed by atoms with E-state index in [0.29, 0.717) is 17.0 Å². The molecule has 0 aliphatic rings. The van der Waals surface area contributed by atoms with Gasteiger partial charge in [0.2, 0.25) is 5.88 Å². The Labute approximate surface area is 197 Å². The van der Waals surface area contributed by atoms with Gasteiger partial charge in [-0.1, -0.05) is 0 Å². The van der Waals surface area contributed by atoms with Crippen molar-refractivity contribution in [3.63, 3.8) is 0 Å². The Hall–Kier alpha value is -4.06. The Kier molecular flexibility index (Phi) is 6.15. The molecule has 0 atom stereocenters. The predicted octanol–water partition coefficient (Wildman–Crippen LogP) is 3.76. The summed E-state index contributed by atoms with van der Waals surface area (Å²) in [5.74, 6) is 0.225. The number of aromatic hydroxyl groups is 1.